The van der Waals surface area contributed by atoms with Crippen LogP contribution in [0.25, 0.3) is 11.1 Å². The zero-order valence-corrected chi connectivity index (χ0v) is 13.2. The van der Waals surface area contributed by atoms with Crippen molar-refractivity contribution in [2.45, 2.75) is 6.54 Å². The molecule has 0 saturated heterocycles. The first-order valence-electron chi connectivity index (χ1n) is 7.61. The number of aromatic nitrogens is 1. The van der Waals surface area contributed by atoms with Crippen molar-refractivity contribution in [2.24, 2.45) is 0 Å². The minimum absolute atomic E-state index is 0.171. The molecule has 126 valence electrons. The van der Waals surface area contributed by atoms with Crippen LogP contribution in [0.1, 0.15) is 10.4 Å². The first-order valence-corrected chi connectivity index (χ1v) is 7.61. The Morgan fingerprint density at radius 3 is 2.88 bits per heavy atom. The summed E-state index contributed by atoms with van der Waals surface area (Å²) in [5, 5.41) is 2.80. The van der Waals surface area contributed by atoms with Gasteiger partial charge in [0.2, 0.25) is 6.79 Å². The zero-order valence-electron chi connectivity index (χ0n) is 13.2. The first kappa shape index (κ1) is 15.1. The van der Waals surface area contributed by atoms with Gasteiger partial charge in [-0.05, 0) is 30.3 Å². The van der Waals surface area contributed by atoms with Gasteiger partial charge in [0.05, 0.1) is 5.52 Å². The Morgan fingerprint density at radius 2 is 2.04 bits per heavy atom. The van der Waals surface area contributed by atoms with Gasteiger partial charge in [-0.25, -0.2) is 4.79 Å². The number of allylic oxidation sites excluding steroid dienone is 1. The average molecular weight is 338 g/mol. The van der Waals surface area contributed by atoms with Crippen LogP contribution in [0.4, 0.5) is 5.69 Å². The minimum atomic E-state index is -0.483. The Morgan fingerprint density at radius 1 is 1.20 bits per heavy atom. The number of ether oxygens (including phenoxy) is 2. The molecule has 25 heavy (non-hydrogen) atoms. The zero-order chi connectivity index (χ0) is 17.4. The van der Waals surface area contributed by atoms with E-state index in [1.807, 2.05) is 0 Å². The average Bonchev–Trinajstić information content (AvgIpc) is 3.19. The Balaban J connectivity index is 1.64. The van der Waals surface area contributed by atoms with Gasteiger partial charge < -0.3 is 19.2 Å². The molecule has 2 aromatic carbocycles. The van der Waals surface area contributed by atoms with Gasteiger partial charge in [-0.2, -0.15) is 0 Å². The van der Waals surface area contributed by atoms with Gasteiger partial charge in [0.1, 0.15) is 0 Å². The summed E-state index contributed by atoms with van der Waals surface area (Å²) in [4.78, 5) is 24.3. The van der Waals surface area contributed by atoms with E-state index < -0.39 is 5.76 Å². The molecule has 0 radical (unpaired) electrons. The summed E-state index contributed by atoms with van der Waals surface area (Å²) in [5.74, 6) is 0.442. The highest BCUT2D eigenvalue weighted by atomic mass is 16.7. The van der Waals surface area contributed by atoms with Crippen molar-refractivity contribution >= 4 is 22.7 Å². The molecule has 0 unspecified atom stereocenters. The lowest BCUT2D eigenvalue weighted by atomic mass is 10.2. The maximum atomic E-state index is 12.5. The third-order valence-electron chi connectivity index (χ3n) is 3.87. The van der Waals surface area contributed by atoms with E-state index in [9.17, 15) is 9.59 Å². The standard InChI is InChI=1S/C18H14N2O5/c1-2-7-20-13-8-11(3-5-14(13)25-18(20)22)17(21)19-12-4-6-15-16(9-12)24-10-23-15/h2-6,8-9H,1,7,10H2,(H,19,21). The van der Waals surface area contributed by atoms with Gasteiger partial charge in [-0.1, -0.05) is 6.08 Å². The van der Waals surface area contributed by atoms with E-state index in [2.05, 4.69) is 11.9 Å². The molecule has 0 aliphatic carbocycles. The van der Waals surface area contributed by atoms with Crippen LogP contribution in [0, 0.1) is 0 Å². The molecule has 1 amide bonds. The molecular weight excluding hydrogens is 324 g/mol. The molecule has 7 nitrogen and oxygen atoms in total. The highest BCUT2D eigenvalue weighted by Crippen LogP contribution is 2.34. The van der Waals surface area contributed by atoms with Crippen LogP contribution in [-0.4, -0.2) is 17.3 Å². The van der Waals surface area contributed by atoms with Crippen LogP contribution < -0.4 is 20.5 Å². The second-order valence-corrected chi connectivity index (χ2v) is 5.47. The summed E-state index contributed by atoms with van der Waals surface area (Å²) in [6, 6.07) is 9.99. The predicted octanol–water partition coefficient (Wildman–Crippen LogP) is 2.76. The normalized spacial score (nSPS) is 12.3. The molecule has 0 saturated carbocycles. The summed E-state index contributed by atoms with van der Waals surface area (Å²) in [6.07, 6.45) is 1.59. The fourth-order valence-electron chi connectivity index (χ4n) is 2.68. The number of hydrogen-bond acceptors (Lipinski definition) is 5. The van der Waals surface area contributed by atoms with Crippen LogP contribution in [0.3, 0.4) is 0 Å². The molecule has 2 heterocycles. The number of nitrogens with one attached hydrogen (secondary N) is 1. The summed E-state index contributed by atoms with van der Waals surface area (Å²) < 4.78 is 17.1. The maximum absolute atomic E-state index is 12.5. The van der Waals surface area contributed by atoms with Gasteiger partial charge in [-0.15, -0.1) is 6.58 Å². The molecule has 0 bridgehead atoms. The van der Waals surface area contributed by atoms with Crippen molar-refractivity contribution in [1.82, 2.24) is 4.57 Å². The second-order valence-electron chi connectivity index (χ2n) is 5.47. The molecule has 0 atom stereocenters. The summed E-state index contributed by atoms with van der Waals surface area (Å²) in [7, 11) is 0. The molecule has 1 N–H and O–H groups in total. The fourth-order valence-corrected chi connectivity index (χ4v) is 2.68. The van der Waals surface area contributed by atoms with Crippen LogP contribution in [0.2, 0.25) is 0 Å². The Bertz CT molecular complexity index is 1050. The summed E-state index contributed by atoms with van der Waals surface area (Å²) >= 11 is 0. The highest BCUT2D eigenvalue weighted by molar-refractivity contribution is 6.06. The summed E-state index contributed by atoms with van der Waals surface area (Å²) in [5.41, 5.74) is 1.96. The number of oxazole rings is 1. The predicted molar refractivity (Wildman–Crippen MR) is 91.2 cm³/mol. The van der Waals surface area contributed by atoms with Crippen LogP contribution >= 0.6 is 0 Å². The van der Waals surface area contributed by atoms with Crippen molar-refractivity contribution in [3.05, 3.63) is 65.2 Å². The number of carbonyl (C=O) groups is 1. The van der Waals surface area contributed by atoms with Crippen molar-refractivity contribution in [2.75, 3.05) is 12.1 Å². The van der Waals surface area contributed by atoms with Crippen molar-refractivity contribution in [3.63, 3.8) is 0 Å². The Kier molecular flexibility index (Phi) is 3.53. The van der Waals surface area contributed by atoms with E-state index in [0.29, 0.717) is 40.4 Å². The molecule has 1 aromatic heterocycles. The smallest absolute Gasteiger partial charge is 0.420 e. The van der Waals surface area contributed by atoms with Crippen molar-refractivity contribution < 1.29 is 18.7 Å². The van der Waals surface area contributed by atoms with E-state index in [1.54, 1.807) is 42.5 Å². The topological polar surface area (TPSA) is 82.7 Å². The lowest BCUT2D eigenvalue weighted by Crippen LogP contribution is -2.14. The number of nitrogens with zero attached hydrogens (tertiary/aromatic N) is 1. The van der Waals surface area contributed by atoms with E-state index >= 15 is 0 Å². The fraction of sp³-hybridized carbons (Fsp3) is 0.111. The Hall–Kier alpha value is -3.48. The molecule has 4 rings (SSSR count). The lowest BCUT2D eigenvalue weighted by molar-refractivity contribution is 0.102. The van der Waals surface area contributed by atoms with E-state index in [4.69, 9.17) is 13.9 Å². The quantitative estimate of drug-likeness (QED) is 0.740. The number of fused-ring (bicyclic) bond motifs is 2. The van der Waals surface area contributed by atoms with Gasteiger partial charge in [0.15, 0.2) is 17.1 Å². The molecule has 3 aromatic rings. The van der Waals surface area contributed by atoms with E-state index in [0.717, 1.165) is 0 Å². The van der Waals surface area contributed by atoms with Gasteiger partial charge in [-0.3, -0.25) is 9.36 Å². The van der Waals surface area contributed by atoms with E-state index in [1.165, 1.54) is 4.57 Å². The van der Waals surface area contributed by atoms with Crippen LogP contribution in [0.5, 0.6) is 11.5 Å². The number of carbonyl (C=O) groups excluding carboxylic acids is 1. The van der Waals surface area contributed by atoms with Crippen LogP contribution in [-0.2, 0) is 6.54 Å². The molecule has 1 aliphatic heterocycles. The summed E-state index contributed by atoms with van der Waals surface area (Å²) in [6.45, 7) is 4.10. The SMILES string of the molecule is C=CCn1c(=O)oc2ccc(C(=O)Nc3ccc4c(c3)OCO4)cc21. The van der Waals surface area contributed by atoms with Crippen molar-refractivity contribution in [1.29, 1.82) is 0 Å². The number of benzene rings is 2. The number of hydrogen-bond donors (Lipinski definition) is 1. The molecule has 0 spiro atoms. The third kappa shape index (κ3) is 2.65. The molecule has 7 heteroatoms. The maximum Gasteiger partial charge on any atom is 0.420 e. The van der Waals surface area contributed by atoms with Gasteiger partial charge in [0, 0.05) is 23.9 Å². The van der Waals surface area contributed by atoms with Gasteiger partial charge >= 0.3 is 5.76 Å². The third-order valence-corrected chi connectivity index (χ3v) is 3.87. The lowest BCUT2D eigenvalue weighted by Gasteiger charge is -2.06. The minimum Gasteiger partial charge on any atom is -0.454 e. The first-order chi connectivity index (χ1) is 12.2. The Labute approximate surface area is 142 Å². The number of rotatable bonds is 4. The molecular formula is C18H14N2O5. The number of anilines is 1. The number of amides is 1. The largest absolute Gasteiger partial charge is 0.454 e. The molecule has 0 fully saturated rings. The second kappa shape index (κ2) is 5.86. The highest BCUT2D eigenvalue weighted by Gasteiger charge is 2.16. The van der Waals surface area contributed by atoms with E-state index in [-0.39, 0.29) is 12.7 Å². The van der Waals surface area contributed by atoms with Crippen molar-refractivity contribution in [3.8, 4) is 11.5 Å². The van der Waals surface area contributed by atoms with Crippen LogP contribution in [0.15, 0.2) is 58.3 Å². The van der Waals surface area contributed by atoms with Gasteiger partial charge in [0.25, 0.3) is 5.91 Å². The molecule has 1 aliphatic rings. The monoisotopic (exact) mass is 338 g/mol.